The molecule has 1 heterocycles. The van der Waals surface area contributed by atoms with E-state index in [0.29, 0.717) is 5.02 Å². The molecule has 1 aromatic carbocycles. The number of hydrogen-bond acceptors (Lipinski definition) is 2. The van der Waals surface area contributed by atoms with Crippen molar-refractivity contribution in [3.63, 3.8) is 0 Å². The Morgan fingerprint density at radius 1 is 1.47 bits per heavy atom. The predicted octanol–water partition coefficient (Wildman–Crippen LogP) is 3.16. The van der Waals surface area contributed by atoms with Crippen LogP contribution in [0.2, 0.25) is 5.02 Å². The number of anilines is 2. The fraction of sp³-hybridized carbons (Fsp3) is 0.500. The molecule has 0 bridgehead atoms. The zero-order valence-electron chi connectivity index (χ0n) is 9.04. The zero-order chi connectivity index (χ0) is 10.8. The minimum absolute atomic E-state index is 0.710. The third-order valence-corrected chi connectivity index (χ3v) is 3.22. The number of nitrogens with two attached hydrogens (primary N) is 1. The summed E-state index contributed by atoms with van der Waals surface area (Å²) in [6, 6.07) is 5.76. The third kappa shape index (κ3) is 2.37. The summed E-state index contributed by atoms with van der Waals surface area (Å²) < 4.78 is 0. The van der Waals surface area contributed by atoms with Crippen LogP contribution < -0.4 is 10.6 Å². The lowest BCUT2D eigenvalue weighted by atomic mass is 9.99. The SMILES string of the molecule is CC1CCCN(c2ccc(Cl)cc2N)C1. The molecule has 1 aliphatic heterocycles. The summed E-state index contributed by atoms with van der Waals surface area (Å²) in [6.07, 6.45) is 2.58. The minimum Gasteiger partial charge on any atom is -0.397 e. The molecule has 2 rings (SSSR count). The van der Waals surface area contributed by atoms with Gasteiger partial charge in [0.25, 0.3) is 0 Å². The van der Waals surface area contributed by atoms with Crippen LogP contribution in [0.3, 0.4) is 0 Å². The number of halogens is 1. The van der Waals surface area contributed by atoms with E-state index in [0.717, 1.165) is 30.4 Å². The first-order valence-corrected chi connectivity index (χ1v) is 5.84. The fourth-order valence-electron chi connectivity index (χ4n) is 2.22. The number of nitrogens with zero attached hydrogens (tertiary/aromatic N) is 1. The van der Waals surface area contributed by atoms with Gasteiger partial charge < -0.3 is 10.6 Å². The van der Waals surface area contributed by atoms with E-state index in [1.165, 1.54) is 12.8 Å². The summed E-state index contributed by atoms with van der Waals surface area (Å²) in [6.45, 7) is 4.50. The highest BCUT2D eigenvalue weighted by Gasteiger charge is 2.18. The van der Waals surface area contributed by atoms with E-state index in [9.17, 15) is 0 Å². The van der Waals surface area contributed by atoms with Gasteiger partial charge in [-0.3, -0.25) is 0 Å². The lowest BCUT2D eigenvalue weighted by Crippen LogP contribution is -2.34. The van der Waals surface area contributed by atoms with Crippen molar-refractivity contribution in [2.75, 3.05) is 23.7 Å². The average molecular weight is 225 g/mol. The van der Waals surface area contributed by atoms with Gasteiger partial charge in [-0.25, -0.2) is 0 Å². The largest absolute Gasteiger partial charge is 0.397 e. The Morgan fingerprint density at radius 2 is 2.27 bits per heavy atom. The molecule has 1 aromatic rings. The molecular formula is C12H17ClN2. The predicted molar refractivity (Wildman–Crippen MR) is 66.5 cm³/mol. The summed E-state index contributed by atoms with van der Waals surface area (Å²) in [5.41, 5.74) is 7.89. The molecule has 0 aliphatic carbocycles. The van der Waals surface area contributed by atoms with Crippen molar-refractivity contribution in [1.29, 1.82) is 0 Å². The van der Waals surface area contributed by atoms with E-state index in [2.05, 4.69) is 11.8 Å². The van der Waals surface area contributed by atoms with E-state index in [1.54, 1.807) is 0 Å². The van der Waals surface area contributed by atoms with Gasteiger partial charge in [0.15, 0.2) is 0 Å². The number of benzene rings is 1. The molecule has 1 aliphatic rings. The molecule has 0 spiro atoms. The fourth-order valence-corrected chi connectivity index (χ4v) is 2.40. The summed E-state index contributed by atoms with van der Waals surface area (Å²) >= 11 is 5.89. The Labute approximate surface area is 96.0 Å². The molecule has 82 valence electrons. The monoisotopic (exact) mass is 224 g/mol. The summed E-state index contributed by atoms with van der Waals surface area (Å²) in [7, 11) is 0. The molecule has 1 fully saturated rings. The van der Waals surface area contributed by atoms with Gasteiger partial charge in [-0.2, -0.15) is 0 Å². The van der Waals surface area contributed by atoms with Crippen molar-refractivity contribution in [3.8, 4) is 0 Å². The summed E-state index contributed by atoms with van der Waals surface area (Å²) in [5, 5.41) is 0.710. The molecule has 15 heavy (non-hydrogen) atoms. The van der Waals surface area contributed by atoms with Crippen molar-refractivity contribution in [2.45, 2.75) is 19.8 Å². The first-order chi connectivity index (χ1) is 7.16. The first-order valence-electron chi connectivity index (χ1n) is 5.47. The van der Waals surface area contributed by atoms with Gasteiger partial charge in [-0.15, -0.1) is 0 Å². The van der Waals surface area contributed by atoms with E-state index in [4.69, 9.17) is 17.3 Å². The highest BCUT2D eigenvalue weighted by atomic mass is 35.5. The van der Waals surface area contributed by atoms with Crippen LogP contribution in [0.1, 0.15) is 19.8 Å². The van der Waals surface area contributed by atoms with Crippen LogP contribution in [0, 0.1) is 5.92 Å². The van der Waals surface area contributed by atoms with Gasteiger partial charge >= 0.3 is 0 Å². The quantitative estimate of drug-likeness (QED) is 0.743. The van der Waals surface area contributed by atoms with Crippen LogP contribution in [0.25, 0.3) is 0 Å². The molecule has 1 atom stereocenters. The smallest absolute Gasteiger partial charge is 0.0601 e. The summed E-state index contributed by atoms with van der Waals surface area (Å²) in [4.78, 5) is 2.36. The van der Waals surface area contributed by atoms with Gasteiger partial charge in [0, 0.05) is 18.1 Å². The molecule has 2 N–H and O–H groups in total. The number of rotatable bonds is 1. The molecule has 0 amide bonds. The molecule has 0 aromatic heterocycles. The third-order valence-electron chi connectivity index (χ3n) is 2.99. The van der Waals surface area contributed by atoms with E-state index < -0.39 is 0 Å². The zero-order valence-corrected chi connectivity index (χ0v) is 9.80. The second kappa shape index (κ2) is 4.31. The highest BCUT2D eigenvalue weighted by Crippen LogP contribution is 2.29. The van der Waals surface area contributed by atoms with Crippen molar-refractivity contribution < 1.29 is 0 Å². The Kier molecular flexibility index (Phi) is 3.06. The van der Waals surface area contributed by atoms with Crippen molar-refractivity contribution in [2.24, 2.45) is 5.92 Å². The maximum atomic E-state index is 5.97. The van der Waals surface area contributed by atoms with Crippen LogP contribution in [-0.2, 0) is 0 Å². The van der Waals surface area contributed by atoms with Gasteiger partial charge in [-0.05, 0) is 37.0 Å². The molecule has 1 unspecified atom stereocenters. The Hall–Kier alpha value is -0.890. The standard InChI is InChI=1S/C12H17ClN2/c1-9-3-2-6-15(8-9)12-5-4-10(13)7-11(12)14/h4-5,7,9H,2-3,6,8,14H2,1H3. The second-order valence-electron chi connectivity index (χ2n) is 4.40. The highest BCUT2D eigenvalue weighted by molar-refractivity contribution is 6.31. The maximum absolute atomic E-state index is 5.97. The topological polar surface area (TPSA) is 29.3 Å². The Bertz CT molecular complexity index is 351. The lowest BCUT2D eigenvalue weighted by Gasteiger charge is -2.33. The lowest BCUT2D eigenvalue weighted by molar-refractivity contribution is 0.447. The van der Waals surface area contributed by atoms with Crippen LogP contribution >= 0.6 is 11.6 Å². The van der Waals surface area contributed by atoms with Crippen LogP contribution in [0.15, 0.2) is 18.2 Å². The first kappa shape index (κ1) is 10.6. The Morgan fingerprint density at radius 3 is 2.93 bits per heavy atom. The van der Waals surface area contributed by atoms with Crippen molar-refractivity contribution >= 4 is 23.0 Å². The van der Waals surface area contributed by atoms with E-state index in [1.807, 2.05) is 18.2 Å². The van der Waals surface area contributed by atoms with Gasteiger partial charge in [0.05, 0.1) is 11.4 Å². The van der Waals surface area contributed by atoms with Crippen molar-refractivity contribution in [3.05, 3.63) is 23.2 Å². The van der Waals surface area contributed by atoms with Gasteiger partial charge in [0.1, 0.15) is 0 Å². The molecule has 0 saturated carbocycles. The van der Waals surface area contributed by atoms with Crippen molar-refractivity contribution in [1.82, 2.24) is 0 Å². The molecule has 3 heteroatoms. The van der Waals surface area contributed by atoms with Crippen LogP contribution in [0.4, 0.5) is 11.4 Å². The minimum atomic E-state index is 0.710. The number of piperidine rings is 1. The normalized spacial score (nSPS) is 21.7. The molecule has 0 radical (unpaired) electrons. The van der Waals surface area contributed by atoms with Gasteiger partial charge in [-0.1, -0.05) is 18.5 Å². The van der Waals surface area contributed by atoms with Gasteiger partial charge in [0.2, 0.25) is 0 Å². The molecule has 2 nitrogen and oxygen atoms in total. The Balaban J connectivity index is 2.21. The molecule has 1 saturated heterocycles. The second-order valence-corrected chi connectivity index (χ2v) is 4.83. The molecular weight excluding hydrogens is 208 g/mol. The van der Waals surface area contributed by atoms with E-state index >= 15 is 0 Å². The summed E-state index contributed by atoms with van der Waals surface area (Å²) in [5.74, 6) is 0.758. The number of nitrogen functional groups attached to an aromatic ring is 1. The maximum Gasteiger partial charge on any atom is 0.0601 e. The number of hydrogen-bond donors (Lipinski definition) is 1. The average Bonchev–Trinajstić information content (AvgIpc) is 2.17. The van der Waals surface area contributed by atoms with E-state index in [-0.39, 0.29) is 0 Å². The van der Waals surface area contributed by atoms with Crippen LogP contribution in [-0.4, -0.2) is 13.1 Å². The van der Waals surface area contributed by atoms with Crippen LogP contribution in [0.5, 0.6) is 0 Å².